The Labute approximate surface area is 149 Å². The molecule has 1 saturated heterocycles. The Balaban J connectivity index is 1.63. The van der Waals surface area contributed by atoms with E-state index in [1.165, 1.54) is 17.3 Å². The van der Waals surface area contributed by atoms with Gasteiger partial charge in [0.2, 0.25) is 0 Å². The molecule has 0 aliphatic carbocycles. The summed E-state index contributed by atoms with van der Waals surface area (Å²) in [5.74, 6) is -1.62. The van der Waals surface area contributed by atoms with Crippen LogP contribution in [0.3, 0.4) is 0 Å². The Morgan fingerprint density at radius 2 is 1.84 bits per heavy atom. The summed E-state index contributed by atoms with van der Waals surface area (Å²) < 4.78 is 0. The monoisotopic (exact) mass is 356 g/mol. The van der Waals surface area contributed by atoms with Crippen molar-refractivity contribution in [2.75, 3.05) is 0 Å². The highest BCUT2D eigenvalue weighted by Gasteiger charge is 2.32. The molecule has 25 heavy (non-hydrogen) atoms. The molecule has 3 rings (SSSR count). The van der Waals surface area contributed by atoms with Crippen LogP contribution in [0.1, 0.15) is 24.0 Å². The van der Waals surface area contributed by atoms with Gasteiger partial charge in [-0.1, -0.05) is 29.5 Å². The van der Waals surface area contributed by atoms with E-state index in [-0.39, 0.29) is 19.3 Å². The van der Waals surface area contributed by atoms with Crippen LogP contribution in [0.25, 0.3) is 0 Å². The van der Waals surface area contributed by atoms with Crippen molar-refractivity contribution in [1.82, 2.24) is 10.0 Å². The maximum absolute atomic E-state index is 12.0. The molecule has 0 N–H and O–H groups in total. The maximum Gasteiger partial charge on any atom is 0.337 e. The summed E-state index contributed by atoms with van der Waals surface area (Å²) in [7, 11) is 0. The smallest absolute Gasteiger partial charge is 0.330 e. The molecule has 2 heterocycles. The highest BCUT2D eigenvalue weighted by Crippen LogP contribution is 2.26. The molecular formula is C18H16N2O4S. The zero-order chi connectivity index (χ0) is 17.8. The first-order valence-corrected chi connectivity index (χ1v) is 8.59. The minimum Gasteiger partial charge on any atom is -0.330 e. The van der Waals surface area contributed by atoms with Gasteiger partial charge in [-0.15, -0.1) is 5.06 Å². The number of nitrogens with zero attached hydrogens (tertiary/aromatic N) is 2. The Bertz CT molecular complexity index is 804. The van der Waals surface area contributed by atoms with Gasteiger partial charge in [-0.2, -0.15) is 0 Å². The average molecular weight is 356 g/mol. The molecule has 0 bridgehead atoms. The fourth-order valence-electron chi connectivity index (χ4n) is 2.30. The summed E-state index contributed by atoms with van der Waals surface area (Å²) in [5.41, 5.74) is 1.88. The average Bonchev–Trinajstić information content (AvgIpc) is 2.89. The van der Waals surface area contributed by atoms with Crippen LogP contribution in [0.5, 0.6) is 0 Å². The third-order valence-corrected chi connectivity index (χ3v) is 4.53. The number of pyridine rings is 1. The van der Waals surface area contributed by atoms with E-state index in [1.807, 2.05) is 31.2 Å². The van der Waals surface area contributed by atoms with Crippen molar-refractivity contribution in [1.29, 1.82) is 0 Å². The second-order valence-corrected chi connectivity index (χ2v) is 6.73. The molecule has 0 unspecified atom stereocenters. The predicted molar refractivity (Wildman–Crippen MR) is 90.4 cm³/mol. The number of rotatable bonds is 5. The summed E-state index contributed by atoms with van der Waals surface area (Å²) in [6.45, 7) is 2.02. The molecule has 128 valence electrons. The lowest BCUT2D eigenvalue weighted by Gasteiger charge is -2.12. The van der Waals surface area contributed by atoms with Crippen molar-refractivity contribution >= 4 is 29.5 Å². The third-order valence-electron chi connectivity index (χ3n) is 3.59. The van der Waals surface area contributed by atoms with Crippen LogP contribution >= 0.6 is 11.8 Å². The number of hydrogen-bond donors (Lipinski definition) is 0. The summed E-state index contributed by atoms with van der Waals surface area (Å²) in [6, 6.07) is 11.6. The Morgan fingerprint density at radius 3 is 2.52 bits per heavy atom. The molecular weight excluding hydrogens is 340 g/mol. The SMILES string of the molecule is Cc1ccc(Sc2cc(CC(=O)ON3C(=O)CCC3=O)ccn2)cc1. The third kappa shape index (κ3) is 4.45. The lowest BCUT2D eigenvalue weighted by atomic mass is 10.2. The van der Waals surface area contributed by atoms with Crippen molar-refractivity contribution in [2.24, 2.45) is 0 Å². The van der Waals surface area contributed by atoms with E-state index in [0.29, 0.717) is 10.6 Å². The highest BCUT2D eigenvalue weighted by atomic mass is 32.2. The number of aromatic nitrogens is 1. The number of hydrogen-bond acceptors (Lipinski definition) is 6. The van der Waals surface area contributed by atoms with Gasteiger partial charge in [-0.05, 0) is 36.8 Å². The quantitative estimate of drug-likeness (QED) is 0.767. The zero-order valence-corrected chi connectivity index (χ0v) is 14.4. The molecule has 1 aliphatic rings. The number of aryl methyl sites for hydroxylation is 1. The Kier molecular flexibility index (Phi) is 5.14. The summed E-state index contributed by atoms with van der Waals surface area (Å²) in [4.78, 5) is 45.1. The first-order valence-electron chi connectivity index (χ1n) is 7.77. The van der Waals surface area contributed by atoms with Crippen molar-refractivity contribution in [3.8, 4) is 0 Å². The van der Waals surface area contributed by atoms with E-state index in [9.17, 15) is 14.4 Å². The number of carbonyl (C=O) groups excluding carboxylic acids is 3. The normalized spacial score (nSPS) is 14.0. The van der Waals surface area contributed by atoms with Gasteiger partial charge in [0.25, 0.3) is 11.8 Å². The van der Waals surface area contributed by atoms with Gasteiger partial charge in [-0.3, -0.25) is 9.59 Å². The lowest BCUT2D eigenvalue weighted by Crippen LogP contribution is -2.32. The maximum atomic E-state index is 12.0. The molecule has 6 nitrogen and oxygen atoms in total. The van der Waals surface area contributed by atoms with Gasteiger partial charge in [-0.25, -0.2) is 9.78 Å². The fraction of sp³-hybridized carbons (Fsp3) is 0.222. The van der Waals surface area contributed by atoms with Crippen LogP contribution in [0, 0.1) is 6.92 Å². The highest BCUT2D eigenvalue weighted by molar-refractivity contribution is 7.99. The van der Waals surface area contributed by atoms with Crippen LogP contribution in [-0.4, -0.2) is 27.8 Å². The first kappa shape index (κ1) is 17.2. The molecule has 1 aliphatic heterocycles. The molecule has 2 amide bonds. The summed E-state index contributed by atoms with van der Waals surface area (Å²) >= 11 is 1.49. The molecule has 1 aromatic carbocycles. The van der Waals surface area contributed by atoms with Gasteiger partial charge >= 0.3 is 5.97 Å². The molecule has 0 atom stereocenters. The molecule has 7 heteroatoms. The van der Waals surface area contributed by atoms with Crippen molar-refractivity contribution in [3.63, 3.8) is 0 Å². The van der Waals surface area contributed by atoms with Gasteiger partial charge in [0.1, 0.15) is 5.03 Å². The van der Waals surface area contributed by atoms with Crippen LogP contribution in [0.2, 0.25) is 0 Å². The lowest BCUT2D eigenvalue weighted by molar-refractivity contribution is -0.197. The first-order chi connectivity index (χ1) is 12.0. The standard InChI is InChI=1S/C18H16N2O4S/c1-12-2-4-14(5-3-12)25-15-10-13(8-9-19-15)11-18(23)24-20-16(21)6-7-17(20)22/h2-5,8-10H,6-7,11H2,1H3. The van der Waals surface area contributed by atoms with Gasteiger partial charge < -0.3 is 4.84 Å². The zero-order valence-electron chi connectivity index (χ0n) is 13.6. The topological polar surface area (TPSA) is 76.6 Å². The van der Waals surface area contributed by atoms with E-state index >= 15 is 0 Å². The number of amides is 2. The van der Waals surface area contributed by atoms with Crippen LogP contribution < -0.4 is 0 Å². The molecule has 0 radical (unpaired) electrons. The largest absolute Gasteiger partial charge is 0.337 e. The Hall–Kier alpha value is -2.67. The fourth-order valence-corrected chi connectivity index (χ4v) is 3.14. The predicted octanol–water partition coefficient (Wildman–Crippen LogP) is 2.69. The van der Waals surface area contributed by atoms with Crippen molar-refractivity contribution in [2.45, 2.75) is 36.1 Å². The number of benzene rings is 1. The van der Waals surface area contributed by atoms with Gasteiger partial charge in [0.05, 0.1) is 6.42 Å². The van der Waals surface area contributed by atoms with Crippen LogP contribution in [0.15, 0.2) is 52.5 Å². The minimum atomic E-state index is -0.652. The molecule has 0 saturated carbocycles. The van der Waals surface area contributed by atoms with E-state index in [1.54, 1.807) is 18.3 Å². The van der Waals surface area contributed by atoms with E-state index in [4.69, 9.17) is 4.84 Å². The minimum absolute atomic E-state index is 0.0406. The van der Waals surface area contributed by atoms with E-state index < -0.39 is 17.8 Å². The van der Waals surface area contributed by atoms with Gasteiger partial charge in [0, 0.05) is 23.9 Å². The molecule has 1 aromatic heterocycles. The van der Waals surface area contributed by atoms with Crippen molar-refractivity contribution < 1.29 is 19.2 Å². The Morgan fingerprint density at radius 1 is 1.16 bits per heavy atom. The van der Waals surface area contributed by atoms with E-state index in [0.717, 1.165) is 9.92 Å². The summed E-state index contributed by atoms with van der Waals surface area (Å²) in [5, 5.41) is 1.31. The summed E-state index contributed by atoms with van der Waals surface area (Å²) in [6.07, 6.45) is 1.74. The van der Waals surface area contributed by atoms with E-state index in [2.05, 4.69) is 4.98 Å². The molecule has 2 aromatic rings. The van der Waals surface area contributed by atoms with Crippen LogP contribution in [0.4, 0.5) is 0 Å². The molecule has 0 spiro atoms. The molecule has 1 fully saturated rings. The van der Waals surface area contributed by atoms with Crippen LogP contribution in [-0.2, 0) is 25.6 Å². The number of hydroxylamine groups is 2. The second-order valence-electron chi connectivity index (χ2n) is 5.64. The van der Waals surface area contributed by atoms with Crippen molar-refractivity contribution in [3.05, 3.63) is 53.7 Å². The number of carbonyl (C=O) groups is 3. The van der Waals surface area contributed by atoms with Gasteiger partial charge in [0.15, 0.2) is 0 Å². The number of imide groups is 1. The second kappa shape index (κ2) is 7.48.